The van der Waals surface area contributed by atoms with E-state index >= 15 is 0 Å². The van der Waals surface area contributed by atoms with Crippen LogP contribution < -0.4 is 10.0 Å². The molecule has 2 N–H and O–H groups in total. The minimum absolute atomic E-state index is 0.143. The molecule has 0 aromatic heterocycles. The zero-order valence-corrected chi connectivity index (χ0v) is 14.1. The minimum atomic E-state index is -3.52. The zero-order valence-electron chi connectivity index (χ0n) is 13.3. The molecule has 0 saturated heterocycles. The van der Waals surface area contributed by atoms with Crippen molar-refractivity contribution in [2.24, 2.45) is 0 Å². The van der Waals surface area contributed by atoms with Gasteiger partial charge in [0.15, 0.2) is 0 Å². The van der Waals surface area contributed by atoms with Gasteiger partial charge in [-0.1, -0.05) is 19.1 Å². The van der Waals surface area contributed by atoms with Crippen LogP contribution in [-0.2, 0) is 27.7 Å². The fourth-order valence-electron chi connectivity index (χ4n) is 2.10. The highest BCUT2D eigenvalue weighted by molar-refractivity contribution is 7.89. The molecule has 5 nitrogen and oxygen atoms in total. The van der Waals surface area contributed by atoms with Crippen LogP contribution in [0.2, 0.25) is 0 Å². The fraction of sp³-hybridized carbons (Fsp3) is 0.600. The molecule has 0 spiro atoms. The molecule has 0 aliphatic carbocycles. The van der Waals surface area contributed by atoms with Gasteiger partial charge in [0.25, 0.3) is 0 Å². The van der Waals surface area contributed by atoms with Gasteiger partial charge in [-0.2, -0.15) is 0 Å². The van der Waals surface area contributed by atoms with Gasteiger partial charge in [-0.05, 0) is 44.5 Å². The maximum Gasteiger partial charge on any atom is 0.240 e. The van der Waals surface area contributed by atoms with E-state index in [-0.39, 0.29) is 12.6 Å². The van der Waals surface area contributed by atoms with Crippen molar-refractivity contribution in [2.45, 2.75) is 44.7 Å². The molecule has 0 fully saturated rings. The van der Waals surface area contributed by atoms with Crippen molar-refractivity contribution in [3.63, 3.8) is 0 Å². The van der Waals surface area contributed by atoms with Gasteiger partial charge >= 0.3 is 0 Å². The van der Waals surface area contributed by atoms with Crippen LogP contribution >= 0.6 is 0 Å². The highest BCUT2D eigenvalue weighted by Gasteiger charge is 2.19. The summed E-state index contributed by atoms with van der Waals surface area (Å²) in [4.78, 5) is 0.362. The molecular weight excluding hydrogens is 288 g/mol. The number of rotatable bonds is 9. The van der Waals surface area contributed by atoms with Crippen LogP contribution in [0.5, 0.6) is 0 Å². The van der Waals surface area contributed by atoms with Crippen LogP contribution in [0.1, 0.15) is 31.9 Å². The number of ether oxygens (including phenoxy) is 1. The fourth-order valence-corrected chi connectivity index (χ4v) is 3.58. The number of sulfonamides is 1. The SMILES string of the molecule is CCOC(C)CNS(=O)(=O)c1cc(CNC)ccc1CC. The number of benzene rings is 1. The number of nitrogens with one attached hydrogen (secondary N) is 2. The first-order chi connectivity index (χ1) is 9.94. The molecule has 21 heavy (non-hydrogen) atoms. The van der Waals surface area contributed by atoms with Gasteiger partial charge in [0, 0.05) is 19.7 Å². The Bertz CT molecular complexity index is 544. The quantitative estimate of drug-likeness (QED) is 0.727. The Morgan fingerprint density at radius 1 is 1.29 bits per heavy atom. The predicted molar refractivity (Wildman–Crippen MR) is 84.9 cm³/mol. The van der Waals surface area contributed by atoms with Crippen molar-refractivity contribution in [1.82, 2.24) is 10.0 Å². The number of aryl methyl sites for hydroxylation is 1. The normalized spacial score (nSPS) is 13.3. The van der Waals surface area contributed by atoms with E-state index in [1.807, 2.05) is 40.0 Å². The van der Waals surface area contributed by atoms with Crippen LogP contribution in [0.15, 0.2) is 23.1 Å². The first kappa shape index (κ1) is 18.1. The van der Waals surface area contributed by atoms with E-state index in [2.05, 4.69) is 10.0 Å². The summed E-state index contributed by atoms with van der Waals surface area (Å²) < 4.78 is 33.0. The maximum absolute atomic E-state index is 12.5. The van der Waals surface area contributed by atoms with E-state index in [9.17, 15) is 8.42 Å². The third-order valence-electron chi connectivity index (χ3n) is 3.19. The molecule has 0 heterocycles. The van der Waals surface area contributed by atoms with Crippen LogP contribution in [-0.4, -0.2) is 34.7 Å². The summed E-state index contributed by atoms with van der Waals surface area (Å²) in [7, 11) is -1.68. The standard InChI is InChI=1S/C15H26N2O3S/c1-5-14-8-7-13(11-16-4)9-15(14)21(18,19)17-10-12(3)20-6-2/h7-9,12,16-17H,5-6,10-11H2,1-4H3. The smallest absolute Gasteiger partial charge is 0.240 e. The lowest BCUT2D eigenvalue weighted by atomic mass is 10.1. The lowest BCUT2D eigenvalue weighted by molar-refractivity contribution is 0.0799. The highest BCUT2D eigenvalue weighted by atomic mass is 32.2. The molecule has 6 heteroatoms. The Hall–Kier alpha value is -0.950. The van der Waals surface area contributed by atoms with E-state index in [1.165, 1.54) is 0 Å². The van der Waals surface area contributed by atoms with E-state index in [0.29, 0.717) is 24.5 Å². The van der Waals surface area contributed by atoms with Gasteiger partial charge in [-0.25, -0.2) is 13.1 Å². The van der Waals surface area contributed by atoms with Gasteiger partial charge in [0.2, 0.25) is 10.0 Å². The van der Waals surface area contributed by atoms with Gasteiger partial charge in [0.05, 0.1) is 11.0 Å². The largest absolute Gasteiger partial charge is 0.377 e. The average molecular weight is 314 g/mol. The average Bonchev–Trinajstić information content (AvgIpc) is 2.46. The van der Waals surface area contributed by atoms with Crippen molar-refractivity contribution >= 4 is 10.0 Å². The van der Waals surface area contributed by atoms with Crippen molar-refractivity contribution < 1.29 is 13.2 Å². The maximum atomic E-state index is 12.5. The molecule has 1 atom stereocenters. The lowest BCUT2D eigenvalue weighted by Gasteiger charge is -2.15. The molecule has 1 rings (SSSR count). The second-order valence-electron chi connectivity index (χ2n) is 4.94. The molecule has 0 aliphatic rings. The third kappa shape index (κ3) is 5.39. The van der Waals surface area contributed by atoms with Crippen LogP contribution in [0.4, 0.5) is 0 Å². The summed E-state index contributed by atoms with van der Waals surface area (Å²) in [5, 5.41) is 3.03. The summed E-state index contributed by atoms with van der Waals surface area (Å²) in [6.07, 6.45) is 0.534. The minimum Gasteiger partial charge on any atom is -0.377 e. The molecular formula is C15H26N2O3S. The van der Waals surface area contributed by atoms with E-state index in [1.54, 1.807) is 6.07 Å². The monoisotopic (exact) mass is 314 g/mol. The topological polar surface area (TPSA) is 67.4 Å². The Kier molecular flexibility index (Phi) is 7.31. The van der Waals surface area contributed by atoms with Crippen LogP contribution in [0, 0.1) is 0 Å². The van der Waals surface area contributed by atoms with E-state index in [0.717, 1.165) is 11.1 Å². The molecule has 0 aliphatic heterocycles. The number of hydrogen-bond donors (Lipinski definition) is 2. The Morgan fingerprint density at radius 3 is 2.57 bits per heavy atom. The van der Waals surface area contributed by atoms with E-state index in [4.69, 9.17) is 4.74 Å². The summed E-state index contributed by atoms with van der Waals surface area (Å²) in [5.74, 6) is 0. The number of hydrogen-bond acceptors (Lipinski definition) is 4. The van der Waals surface area contributed by atoms with Crippen molar-refractivity contribution in [1.29, 1.82) is 0 Å². The van der Waals surface area contributed by atoms with Crippen molar-refractivity contribution in [3.05, 3.63) is 29.3 Å². The molecule has 1 unspecified atom stereocenters. The third-order valence-corrected chi connectivity index (χ3v) is 4.70. The van der Waals surface area contributed by atoms with Gasteiger partial charge in [-0.3, -0.25) is 0 Å². The molecule has 1 aromatic carbocycles. The van der Waals surface area contributed by atoms with Crippen molar-refractivity contribution in [2.75, 3.05) is 20.2 Å². The molecule has 120 valence electrons. The molecule has 0 saturated carbocycles. The van der Waals surface area contributed by atoms with Gasteiger partial charge in [-0.15, -0.1) is 0 Å². The summed E-state index contributed by atoms with van der Waals surface area (Å²) in [6, 6.07) is 5.58. The van der Waals surface area contributed by atoms with Crippen LogP contribution in [0.25, 0.3) is 0 Å². The summed E-state index contributed by atoms with van der Waals surface area (Å²) >= 11 is 0. The molecule has 0 radical (unpaired) electrons. The molecule has 0 bridgehead atoms. The van der Waals surface area contributed by atoms with Gasteiger partial charge in [0.1, 0.15) is 0 Å². The Balaban J connectivity index is 2.97. The first-order valence-corrected chi connectivity index (χ1v) is 8.80. The van der Waals surface area contributed by atoms with Gasteiger partial charge < -0.3 is 10.1 Å². The second kappa shape index (κ2) is 8.48. The Morgan fingerprint density at radius 2 is 2.00 bits per heavy atom. The van der Waals surface area contributed by atoms with E-state index < -0.39 is 10.0 Å². The summed E-state index contributed by atoms with van der Waals surface area (Å²) in [6.45, 7) is 7.18. The highest BCUT2D eigenvalue weighted by Crippen LogP contribution is 2.18. The molecule has 1 aromatic rings. The first-order valence-electron chi connectivity index (χ1n) is 7.32. The second-order valence-corrected chi connectivity index (χ2v) is 6.68. The zero-order chi connectivity index (χ0) is 15.9. The summed E-state index contributed by atoms with van der Waals surface area (Å²) in [5.41, 5.74) is 1.78. The predicted octanol–water partition coefficient (Wildman–Crippen LogP) is 1.67. The lowest BCUT2D eigenvalue weighted by Crippen LogP contribution is -2.32. The van der Waals surface area contributed by atoms with Crippen LogP contribution in [0.3, 0.4) is 0 Å². The van der Waals surface area contributed by atoms with Crippen molar-refractivity contribution in [3.8, 4) is 0 Å². The molecule has 0 amide bonds. The Labute approximate surface area is 128 Å².